The van der Waals surface area contributed by atoms with Crippen LogP contribution in [0, 0.1) is 5.82 Å². The quantitative estimate of drug-likeness (QED) is 0.529. The number of hydrogen-bond donors (Lipinski definition) is 2. The van der Waals surface area contributed by atoms with Gasteiger partial charge in [0.1, 0.15) is 5.82 Å². The van der Waals surface area contributed by atoms with Crippen molar-refractivity contribution in [2.24, 2.45) is 0 Å². The Kier molecular flexibility index (Phi) is 6.63. The molecule has 1 aliphatic rings. The van der Waals surface area contributed by atoms with Crippen LogP contribution in [0.5, 0.6) is 0 Å². The van der Waals surface area contributed by atoms with Crippen molar-refractivity contribution in [3.8, 4) is 11.3 Å². The summed E-state index contributed by atoms with van der Waals surface area (Å²) in [5.41, 5.74) is 2.84. The lowest BCUT2D eigenvalue weighted by molar-refractivity contribution is -0.111. The molecule has 4 rings (SSSR count). The molecule has 1 aliphatic heterocycles. The number of anilines is 4. The number of aromatic nitrogens is 2. The first-order chi connectivity index (χ1) is 15.5. The van der Waals surface area contributed by atoms with Crippen LogP contribution in [0.3, 0.4) is 0 Å². The summed E-state index contributed by atoms with van der Waals surface area (Å²) in [6.45, 7) is 6.45. The number of carbonyl (C=O) groups excluding carboxylic acids is 1. The van der Waals surface area contributed by atoms with Gasteiger partial charge in [0, 0.05) is 30.0 Å². The molecule has 1 aromatic heterocycles. The highest BCUT2D eigenvalue weighted by Crippen LogP contribution is 2.30. The Labute approximate surface area is 189 Å². The molecule has 7 nitrogen and oxygen atoms in total. The molecule has 0 unspecified atom stereocenters. The van der Waals surface area contributed by atoms with Gasteiger partial charge in [0.05, 0.1) is 35.8 Å². The lowest BCUT2D eigenvalue weighted by Gasteiger charge is -2.29. The number of hydrogen-bond acceptors (Lipinski definition) is 6. The molecule has 1 saturated heterocycles. The van der Waals surface area contributed by atoms with E-state index in [0.717, 1.165) is 30.5 Å². The van der Waals surface area contributed by atoms with E-state index < -0.39 is 11.7 Å². The third-order valence-corrected chi connectivity index (χ3v) is 5.18. The van der Waals surface area contributed by atoms with Crippen molar-refractivity contribution in [1.29, 1.82) is 0 Å². The zero-order chi connectivity index (χ0) is 22.5. The minimum atomic E-state index is -0.576. The number of amides is 1. The predicted octanol–water partition coefficient (Wildman–Crippen LogP) is 4.64. The van der Waals surface area contributed by atoms with Crippen LogP contribution in [0.2, 0.25) is 5.02 Å². The lowest BCUT2D eigenvalue weighted by atomic mass is 10.1. The second-order valence-electron chi connectivity index (χ2n) is 7.05. The first-order valence-corrected chi connectivity index (χ1v) is 10.4. The molecule has 0 spiro atoms. The van der Waals surface area contributed by atoms with Crippen LogP contribution in [0.25, 0.3) is 11.3 Å². The van der Waals surface area contributed by atoms with Crippen molar-refractivity contribution in [2.75, 3.05) is 41.8 Å². The molecule has 32 heavy (non-hydrogen) atoms. The van der Waals surface area contributed by atoms with E-state index in [4.69, 9.17) is 16.3 Å². The van der Waals surface area contributed by atoms with Crippen molar-refractivity contribution in [3.05, 3.63) is 72.2 Å². The van der Waals surface area contributed by atoms with Crippen LogP contribution in [-0.4, -0.2) is 42.2 Å². The number of nitrogens with one attached hydrogen (secondary N) is 2. The average Bonchev–Trinajstić information content (AvgIpc) is 2.82. The molecule has 0 saturated carbocycles. The minimum Gasteiger partial charge on any atom is -0.378 e. The first-order valence-electron chi connectivity index (χ1n) is 9.99. The van der Waals surface area contributed by atoms with Gasteiger partial charge in [-0.2, -0.15) is 0 Å². The molecule has 0 radical (unpaired) electrons. The maximum Gasteiger partial charge on any atom is 0.247 e. The molecule has 3 aromatic rings. The van der Waals surface area contributed by atoms with E-state index >= 15 is 0 Å². The Morgan fingerprint density at radius 1 is 1.22 bits per heavy atom. The van der Waals surface area contributed by atoms with Gasteiger partial charge in [0.15, 0.2) is 0 Å². The van der Waals surface area contributed by atoms with Crippen LogP contribution < -0.4 is 15.5 Å². The summed E-state index contributed by atoms with van der Waals surface area (Å²) in [5, 5.41) is 5.92. The standard InChI is InChI=1S/C23H21ClFN5O2/c1-2-21(31)28-20-12-15(6-7-19(20)25)22-18(24)14-26-23(29-22)27-16-4-3-5-17(13-16)30-8-10-32-11-9-30/h2-7,12-14H,1,8-11H2,(H,28,31)(H,26,27,29). The van der Waals surface area contributed by atoms with Crippen LogP contribution in [0.1, 0.15) is 0 Å². The molecular formula is C23H21ClFN5O2. The van der Waals surface area contributed by atoms with Crippen molar-refractivity contribution in [2.45, 2.75) is 0 Å². The summed E-state index contributed by atoms with van der Waals surface area (Å²) in [5.74, 6) is -0.755. The number of carbonyl (C=O) groups is 1. The van der Waals surface area contributed by atoms with Gasteiger partial charge >= 0.3 is 0 Å². The molecule has 1 fully saturated rings. The molecule has 9 heteroatoms. The Balaban J connectivity index is 1.59. The van der Waals surface area contributed by atoms with Crippen molar-refractivity contribution >= 4 is 40.5 Å². The van der Waals surface area contributed by atoms with E-state index in [0.29, 0.717) is 35.4 Å². The number of benzene rings is 2. The van der Waals surface area contributed by atoms with Crippen molar-refractivity contribution < 1.29 is 13.9 Å². The van der Waals surface area contributed by atoms with Gasteiger partial charge in [-0.3, -0.25) is 4.79 Å². The summed E-state index contributed by atoms with van der Waals surface area (Å²) < 4.78 is 19.5. The molecule has 164 valence electrons. The second kappa shape index (κ2) is 9.76. The Hall–Kier alpha value is -3.49. The number of morpholine rings is 1. The van der Waals surface area contributed by atoms with E-state index in [1.54, 1.807) is 0 Å². The van der Waals surface area contributed by atoms with E-state index in [1.807, 2.05) is 24.3 Å². The van der Waals surface area contributed by atoms with Crippen LogP contribution in [0.15, 0.2) is 61.3 Å². The maximum absolute atomic E-state index is 14.1. The van der Waals surface area contributed by atoms with E-state index in [9.17, 15) is 9.18 Å². The summed E-state index contributed by atoms with van der Waals surface area (Å²) >= 11 is 6.32. The van der Waals surface area contributed by atoms with Crippen molar-refractivity contribution in [3.63, 3.8) is 0 Å². The topological polar surface area (TPSA) is 79.4 Å². The molecule has 2 N–H and O–H groups in total. The predicted molar refractivity (Wildman–Crippen MR) is 124 cm³/mol. The molecule has 0 aliphatic carbocycles. The zero-order valence-corrected chi connectivity index (χ0v) is 17.9. The largest absolute Gasteiger partial charge is 0.378 e. The number of ether oxygens (including phenoxy) is 1. The number of nitrogens with zero attached hydrogens (tertiary/aromatic N) is 3. The highest BCUT2D eigenvalue weighted by atomic mass is 35.5. The van der Waals surface area contributed by atoms with Gasteiger partial charge in [0.2, 0.25) is 11.9 Å². The smallest absolute Gasteiger partial charge is 0.247 e. The zero-order valence-electron chi connectivity index (χ0n) is 17.1. The van der Waals surface area contributed by atoms with Gasteiger partial charge in [-0.1, -0.05) is 24.2 Å². The Bertz CT molecular complexity index is 1150. The fourth-order valence-corrected chi connectivity index (χ4v) is 3.51. The summed E-state index contributed by atoms with van der Waals surface area (Å²) in [4.78, 5) is 22.6. The highest BCUT2D eigenvalue weighted by molar-refractivity contribution is 6.33. The van der Waals surface area contributed by atoms with Gasteiger partial charge < -0.3 is 20.3 Å². The van der Waals surface area contributed by atoms with E-state index in [-0.39, 0.29) is 5.69 Å². The summed E-state index contributed by atoms with van der Waals surface area (Å²) in [6, 6.07) is 12.2. The third kappa shape index (κ3) is 5.04. The molecule has 0 bridgehead atoms. The normalized spacial score (nSPS) is 13.5. The lowest BCUT2D eigenvalue weighted by Crippen LogP contribution is -2.36. The molecule has 2 heterocycles. The van der Waals surface area contributed by atoms with Gasteiger partial charge in [-0.25, -0.2) is 14.4 Å². The Morgan fingerprint density at radius 3 is 2.81 bits per heavy atom. The molecule has 2 aromatic carbocycles. The fraction of sp³-hybridized carbons (Fsp3) is 0.174. The van der Waals surface area contributed by atoms with E-state index in [1.165, 1.54) is 24.4 Å². The fourth-order valence-electron chi connectivity index (χ4n) is 3.31. The number of rotatable bonds is 6. The molecule has 0 atom stereocenters. The first kappa shape index (κ1) is 21.7. The Morgan fingerprint density at radius 2 is 2.03 bits per heavy atom. The van der Waals surface area contributed by atoms with Crippen LogP contribution >= 0.6 is 11.6 Å². The van der Waals surface area contributed by atoms with E-state index in [2.05, 4.69) is 32.1 Å². The van der Waals surface area contributed by atoms with Crippen LogP contribution in [-0.2, 0) is 9.53 Å². The van der Waals surface area contributed by atoms with Gasteiger partial charge in [-0.15, -0.1) is 0 Å². The summed E-state index contributed by atoms with van der Waals surface area (Å²) in [7, 11) is 0. The summed E-state index contributed by atoms with van der Waals surface area (Å²) in [6.07, 6.45) is 2.54. The highest BCUT2D eigenvalue weighted by Gasteiger charge is 2.14. The monoisotopic (exact) mass is 453 g/mol. The van der Waals surface area contributed by atoms with Crippen LogP contribution in [0.4, 0.5) is 27.4 Å². The second-order valence-corrected chi connectivity index (χ2v) is 7.46. The molecule has 1 amide bonds. The maximum atomic E-state index is 14.1. The third-order valence-electron chi connectivity index (χ3n) is 4.91. The van der Waals surface area contributed by atoms with Gasteiger partial charge in [0.25, 0.3) is 0 Å². The number of halogens is 2. The molecular weight excluding hydrogens is 433 g/mol. The van der Waals surface area contributed by atoms with Gasteiger partial charge in [-0.05, 0) is 42.5 Å². The SMILES string of the molecule is C=CC(=O)Nc1cc(-c2nc(Nc3cccc(N4CCOCC4)c3)ncc2Cl)ccc1F. The average molecular weight is 454 g/mol. The van der Waals surface area contributed by atoms with Crippen molar-refractivity contribution in [1.82, 2.24) is 9.97 Å². The minimum absolute atomic E-state index is 0.00907.